The summed E-state index contributed by atoms with van der Waals surface area (Å²) in [4.78, 5) is 16.0. The van der Waals surface area contributed by atoms with Crippen molar-refractivity contribution < 1.29 is 13.9 Å². The van der Waals surface area contributed by atoms with E-state index in [1.165, 1.54) is 23.5 Å². The number of fused-ring (bicyclic) bond motifs is 1. The van der Waals surface area contributed by atoms with E-state index in [-0.39, 0.29) is 17.8 Å². The monoisotopic (exact) mass is 266 g/mol. The summed E-state index contributed by atoms with van der Waals surface area (Å²) in [5, 5.41) is 3.20. The van der Waals surface area contributed by atoms with Crippen LogP contribution in [-0.4, -0.2) is 23.6 Å². The first-order valence-corrected chi connectivity index (χ1v) is 6.52. The van der Waals surface area contributed by atoms with Gasteiger partial charge in [0.25, 0.3) is 5.91 Å². The SMILES string of the molecule is O=C(Nc1nc2ccc(F)cc2s1)[C@@H]1CCCO1. The summed E-state index contributed by atoms with van der Waals surface area (Å²) >= 11 is 1.26. The number of carbonyl (C=O) groups is 1. The van der Waals surface area contributed by atoms with Crippen molar-refractivity contribution >= 4 is 32.6 Å². The van der Waals surface area contributed by atoms with Crippen molar-refractivity contribution in [3.05, 3.63) is 24.0 Å². The fourth-order valence-electron chi connectivity index (χ4n) is 1.92. The fraction of sp³-hybridized carbons (Fsp3) is 0.333. The number of amides is 1. The number of rotatable bonds is 2. The highest BCUT2D eigenvalue weighted by atomic mass is 32.1. The van der Waals surface area contributed by atoms with Gasteiger partial charge in [-0.05, 0) is 31.0 Å². The summed E-state index contributed by atoms with van der Waals surface area (Å²) in [6.45, 7) is 0.628. The van der Waals surface area contributed by atoms with E-state index >= 15 is 0 Å². The van der Waals surface area contributed by atoms with Crippen LogP contribution in [0.2, 0.25) is 0 Å². The van der Waals surface area contributed by atoms with Crippen molar-refractivity contribution in [3.8, 4) is 0 Å². The molecule has 1 N–H and O–H groups in total. The van der Waals surface area contributed by atoms with Gasteiger partial charge in [-0.3, -0.25) is 10.1 Å². The molecule has 1 aliphatic rings. The van der Waals surface area contributed by atoms with E-state index in [0.29, 0.717) is 17.3 Å². The zero-order chi connectivity index (χ0) is 12.5. The van der Waals surface area contributed by atoms with Crippen LogP contribution < -0.4 is 5.32 Å². The molecular formula is C12H11FN2O2S. The zero-order valence-electron chi connectivity index (χ0n) is 9.48. The van der Waals surface area contributed by atoms with Crippen molar-refractivity contribution in [2.24, 2.45) is 0 Å². The van der Waals surface area contributed by atoms with Crippen molar-refractivity contribution in [2.45, 2.75) is 18.9 Å². The quantitative estimate of drug-likeness (QED) is 0.908. The van der Waals surface area contributed by atoms with Gasteiger partial charge in [0.1, 0.15) is 11.9 Å². The van der Waals surface area contributed by atoms with Crippen LogP contribution in [-0.2, 0) is 9.53 Å². The Bertz CT molecular complexity index is 593. The van der Waals surface area contributed by atoms with Gasteiger partial charge in [-0.1, -0.05) is 11.3 Å². The van der Waals surface area contributed by atoms with Crippen molar-refractivity contribution in [1.29, 1.82) is 0 Å². The normalized spacial score (nSPS) is 19.3. The summed E-state index contributed by atoms with van der Waals surface area (Å²) in [7, 11) is 0. The maximum atomic E-state index is 13.0. The fourth-order valence-corrected chi connectivity index (χ4v) is 2.82. The number of aromatic nitrogens is 1. The van der Waals surface area contributed by atoms with Crippen LogP contribution in [0.15, 0.2) is 18.2 Å². The van der Waals surface area contributed by atoms with Crippen molar-refractivity contribution in [3.63, 3.8) is 0 Å². The predicted octanol–water partition coefficient (Wildman–Crippen LogP) is 2.55. The summed E-state index contributed by atoms with van der Waals surface area (Å²) in [6, 6.07) is 4.37. The Labute approximate surface area is 107 Å². The van der Waals surface area contributed by atoms with Crippen LogP contribution >= 0.6 is 11.3 Å². The number of benzene rings is 1. The molecule has 0 spiro atoms. The Morgan fingerprint density at radius 3 is 3.22 bits per heavy atom. The molecule has 18 heavy (non-hydrogen) atoms. The first-order chi connectivity index (χ1) is 8.72. The molecule has 1 aliphatic heterocycles. The molecule has 3 rings (SSSR count). The van der Waals surface area contributed by atoms with E-state index in [1.807, 2.05) is 0 Å². The molecule has 1 aromatic heterocycles. The van der Waals surface area contributed by atoms with Gasteiger partial charge in [0, 0.05) is 6.61 Å². The summed E-state index contributed by atoms with van der Waals surface area (Å²) in [5.41, 5.74) is 0.684. The first kappa shape index (κ1) is 11.6. The van der Waals surface area contributed by atoms with Gasteiger partial charge >= 0.3 is 0 Å². The molecule has 1 fully saturated rings. The van der Waals surface area contributed by atoms with Gasteiger partial charge < -0.3 is 4.74 Å². The lowest BCUT2D eigenvalue weighted by Gasteiger charge is -2.07. The van der Waals surface area contributed by atoms with Crippen LogP contribution in [0.5, 0.6) is 0 Å². The van der Waals surface area contributed by atoms with Gasteiger partial charge in [-0.2, -0.15) is 0 Å². The minimum atomic E-state index is -0.381. The molecule has 0 radical (unpaired) electrons. The molecule has 4 nitrogen and oxygen atoms in total. The van der Waals surface area contributed by atoms with Gasteiger partial charge in [-0.15, -0.1) is 0 Å². The van der Waals surface area contributed by atoms with Crippen LogP contribution in [0.1, 0.15) is 12.8 Å². The van der Waals surface area contributed by atoms with Crippen LogP contribution in [0.3, 0.4) is 0 Å². The third kappa shape index (κ3) is 2.21. The number of nitrogens with one attached hydrogen (secondary N) is 1. The average molecular weight is 266 g/mol. The summed E-state index contributed by atoms with van der Waals surface area (Å²) in [5.74, 6) is -0.477. The second-order valence-corrected chi connectivity index (χ2v) is 5.15. The van der Waals surface area contributed by atoms with E-state index in [4.69, 9.17) is 4.74 Å². The molecular weight excluding hydrogens is 255 g/mol. The Hall–Kier alpha value is -1.53. The van der Waals surface area contributed by atoms with E-state index in [2.05, 4.69) is 10.3 Å². The topological polar surface area (TPSA) is 51.2 Å². The molecule has 6 heteroatoms. The number of halogens is 1. The lowest BCUT2D eigenvalue weighted by molar-refractivity contribution is -0.124. The molecule has 1 aromatic carbocycles. The smallest absolute Gasteiger partial charge is 0.255 e. The van der Waals surface area contributed by atoms with E-state index in [9.17, 15) is 9.18 Å². The highest BCUT2D eigenvalue weighted by Crippen LogP contribution is 2.27. The van der Waals surface area contributed by atoms with Crippen LogP contribution in [0.4, 0.5) is 9.52 Å². The van der Waals surface area contributed by atoms with E-state index < -0.39 is 0 Å². The number of nitrogens with zero attached hydrogens (tertiary/aromatic N) is 1. The number of ether oxygens (including phenoxy) is 1. The van der Waals surface area contributed by atoms with Crippen molar-refractivity contribution in [2.75, 3.05) is 11.9 Å². The second-order valence-electron chi connectivity index (χ2n) is 4.12. The maximum Gasteiger partial charge on any atom is 0.255 e. The van der Waals surface area contributed by atoms with Gasteiger partial charge in [0.15, 0.2) is 5.13 Å². The number of hydrogen-bond donors (Lipinski definition) is 1. The Morgan fingerprint density at radius 2 is 2.44 bits per heavy atom. The number of thiazole rings is 1. The number of anilines is 1. The van der Waals surface area contributed by atoms with E-state index in [0.717, 1.165) is 17.5 Å². The Kier molecular flexibility index (Phi) is 2.97. The molecule has 2 aromatic rings. The minimum Gasteiger partial charge on any atom is -0.368 e. The zero-order valence-corrected chi connectivity index (χ0v) is 10.3. The molecule has 0 saturated carbocycles. The molecule has 1 atom stereocenters. The lowest BCUT2D eigenvalue weighted by atomic mass is 10.2. The van der Waals surface area contributed by atoms with Crippen molar-refractivity contribution in [1.82, 2.24) is 4.98 Å². The number of carbonyl (C=O) groups excluding carboxylic acids is 1. The predicted molar refractivity (Wildman–Crippen MR) is 67.2 cm³/mol. The molecule has 1 amide bonds. The standard InChI is InChI=1S/C12H11FN2O2S/c13-7-3-4-8-10(6-7)18-12(14-8)15-11(16)9-2-1-5-17-9/h3-4,6,9H,1-2,5H2,(H,14,15,16)/t9-/m0/s1. The van der Waals surface area contributed by atoms with Gasteiger partial charge in [-0.25, -0.2) is 9.37 Å². The maximum absolute atomic E-state index is 13.0. The molecule has 94 valence electrons. The molecule has 0 unspecified atom stereocenters. The Balaban J connectivity index is 1.79. The van der Waals surface area contributed by atoms with Gasteiger partial charge in [0.2, 0.25) is 0 Å². The second kappa shape index (κ2) is 4.62. The highest BCUT2D eigenvalue weighted by molar-refractivity contribution is 7.22. The molecule has 0 aliphatic carbocycles. The number of hydrogen-bond acceptors (Lipinski definition) is 4. The molecule has 0 bridgehead atoms. The van der Waals surface area contributed by atoms with Gasteiger partial charge in [0.05, 0.1) is 10.2 Å². The average Bonchev–Trinajstić information content (AvgIpc) is 2.95. The summed E-state index contributed by atoms with van der Waals surface area (Å²) in [6.07, 6.45) is 1.27. The van der Waals surface area contributed by atoms with Crippen LogP contribution in [0.25, 0.3) is 10.2 Å². The third-order valence-corrected chi connectivity index (χ3v) is 3.74. The first-order valence-electron chi connectivity index (χ1n) is 5.71. The largest absolute Gasteiger partial charge is 0.368 e. The van der Waals surface area contributed by atoms with E-state index in [1.54, 1.807) is 6.07 Å². The Morgan fingerprint density at radius 1 is 1.56 bits per heavy atom. The lowest BCUT2D eigenvalue weighted by Crippen LogP contribution is -2.26. The minimum absolute atomic E-state index is 0.174. The van der Waals surface area contributed by atoms with Crippen LogP contribution in [0, 0.1) is 5.82 Å². The summed E-state index contributed by atoms with van der Waals surface area (Å²) < 4.78 is 19.0. The highest BCUT2D eigenvalue weighted by Gasteiger charge is 2.24. The molecule has 2 heterocycles. The molecule has 1 saturated heterocycles. The third-order valence-electron chi connectivity index (χ3n) is 2.80.